The number of hydrogen-bond acceptors (Lipinski definition) is 3. The molecule has 1 saturated heterocycles. The van der Waals surface area contributed by atoms with Crippen LogP contribution in [0.3, 0.4) is 0 Å². The van der Waals surface area contributed by atoms with Gasteiger partial charge in [0.1, 0.15) is 0 Å². The van der Waals surface area contributed by atoms with Crippen LogP contribution in [0.5, 0.6) is 0 Å². The third kappa shape index (κ3) is 3.01. The summed E-state index contributed by atoms with van der Waals surface area (Å²) in [6.07, 6.45) is 3.04. The van der Waals surface area contributed by atoms with Gasteiger partial charge in [-0.15, -0.1) is 0 Å². The average Bonchev–Trinajstić information content (AvgIpc) is 2.33. The number of hydrogen-bond donors (Lipinski definition) is 1. The first-order valence-electron chi connectivity index (χ1n) is 7.17. The fourth-order valence-electron chi connectivity index (χ4n) is 3.43. The number of piperazine rings is 1. The van der Waals surface area contributed by atoms with Crippen LogP contribution < -0.4 is 0 Å². The van der Waals surface area contributed by atoms with E-state index < -0.39 is 0 Å². The second-order valence-corrected chi connectivity index (χ2v) is 6.40. The van der Waals surface area contributed by atoms with Gasteiger partial charge in [0.05, 0.1) is 6.10 Å². The Morgan fingerprint density at radius 1 is 1.18 bits per heavy atom. The Morgan fingerprint density at radius 2 is 1.82 bits per heavy atom. The lowest BCUT2D eigenvalue weighted by Crippen LogP contribution is -2.56. The summed E-state index contributed by atoms with van der Waals surface area (Å²) in [6.45, 7) is 12.9. The maximum Gasteiger partial charge on any atom is 0.0555 e. The first-order chi connectivity index (χ1) is 8.03. The third-order valence-corrected chi connectivity index (χ3v) is 4.81. The molecule has 2 atom stereocenters. The van der Waals surface area contributed by atoms with Crippen LogP contribution in [0, 0.1) is 5.41 Å². The molecule has 3 heteroatoms. The molecule has 0 aromatic rings. The van der Waals surface area contributed by atoms with E-state index >= 15 is 0 Å². The van der Waals surface area contributed by atoms with E-state index in [-0.39, 0.29) is 6.10 Å². The highest BCUT2D eigenvalue weighted by molar-refractivity contribution is 4.94. The Balaban J connectivity index is 1.96. The van der Waals surface area contributed by atoms with Crippen molar-refractivity contribution in [2.45, 2.75) is 52.2 Å². The minimum absolute atomic E-state index is 0.0720. The van der Waals surface area contributed by atoms with Gasteiger partial charge < -0.3 is 10.0 Å². The molecule has 0 aromatic carbocycles. The molecule has 2 fully saturated rings. The molecule has 17 heavy (non-hydrogen) atoms. The Hall–Kier alpha value is -0.120. The van der Waals surface area contributed by atoms with Crippen molar-refractivity contribution in [2.24, 2.45) is 5.41 Å². The van der Waals surface area contributed by atoms with E-state index in [4.69, 9.17) is 0 Å². The second-order valence-electron chi connectivity index (χ2n) is 6.40. The van der Waals surface area contributed by atoms with Crippen molar-refractivity contribution in [1.82, 2.24) is 9.80 Å². The molecule has 0 aromatic heterocycles. The van der Waals surface area contributed by atoms with Crippen LogP contribution in [-0.4, -0.2) is 59.8 Å². The van der Waals surface area contributed by atoms with Gasteiger partial charge in [0.25, 0.3) is 0 Å². The van der Waals surface area contributed by atoms with Crippen LogP contribution in [0.15, 0.2) is 0 Å². The Labute approximate surface area is 106 Å². The zero-order valence-corrected chi connectivity index (χ0v) is 11.7. The average molecular weight is 240 g/mol. The summed E-state index contributed by atoms with van der Waals surface area (Å²) in [7, 11) is 0. The highest BCUT2D eigenvalue weighted by Gasteiger charge is 2.39. The zero-order chi connectivity index (χ0) is 12.5. The summed E-state index contributed by atoms with van der Waals surface area (Å²) >= 11 is 0. The standard InChI is InChI=1S/C14H28N2O/c1-4-15-7-9-16(10-8-15)13-11-12(17)5-6-14(13,2)3/h12-13,17H,4-11H2,1-3H3. The molecule has 1 saturated carbocycles. The lowest BCUT2D eigenvalue weighted by molar-refractivity contribution is -0.0287. The predicted octanol–water partition coefficient (Wildman–Crippen LogP) is 1.56. The molecule has 0 bridgehead atoms. The van der Waals surface area contributed by atoms with E-state index in [0.717, 1.165) is 19.3 Å². The van der Waals surface area contributed by atoms with E-state index in [1.807, 2.05) is 0 Å². The quantitative estimate of drug-likeness (QED) is 0.793. The summed E-state index contributed by atoms with van der Waals surface area (Å²) in [4.78, 5) is 5.14. The van der Waals surface area contributed by atoms with Crippen molar-refractivity contribution in [3.05, 3.63) is 0 Å². The highest BCUT2D eigenvalue weighted by atomic mass is 16.3. The number of aliphatic hydroxyl groups excluding tert-OH is 1. The smallest absolute Gasteiger partial charge is 0.0555 e. The molecule has 1 N–H and O–H groups in total. The second kappa shape index (κ2) is 5.25. The van der Waals surface area contributed by atoms with Crippen molar-refractivity contribution in [3.63, 3.8) is 0 Å². The Morgan fingerprint density at radius 3 is 2.41 bits per heavy atom. The number of likely N-dealkylation sites (N-methyl/N-ethyl adjacent to an activating group) is 1. The summed E-state index contributed by atoms with van der Waals surface area (Å²) in [5.74, 6) is 0. The predicted molar refractivity (Wildman–Crippen MR) is 71.1 cm³/mol. The van der Waals surface area contributed by atoms with E-state index in [1.165, 1.54) is 32.7 Å². The van der Waals surface area contributed by atoms with Gasteiger partial charge in [-0.25, -0.2) is 0 Å². The molecule has 2 aliphatic rings. The number of nitrogens with zero attached hydrogens (tertiary/aromatic N) is 2. The molecule has 1 aliphatic heterocycles. The monoisotopic (exact) mass is 240 g/mol. The number of rotatable bonds is 2. The van der Waals surface area contributed by atoms with Gasteiger partial charge in [-0.3, -0.25) is 4.90 Å². The lowest BCUT2D eigenvalue weighted by Gasteiger charge is -2.49. The molecule has 100 valence electrons. The fourth-order valence-corrected chi connectivity index (χ4v) is 3.43. The van der Waals surface area contributed by atoms with Crippen LogP contribution in [0.4, 0.5) is 0 Å². The zero-order valence-electron chi connectivity index (χ0n) is 11.7. The fraction of sp³-hybridized carbons (Fsp3) is 1.00. The molecule has 3 nitrogen and oxygen atoms in total. The van der Waals surface area contributed by atoms with Crippen LogP contribution in [-0.2, 0) is 0 Å². The molecule has 0 amide bonds. The van der Waals surface area contributed by atoms with Gasteiger partial charge in [-0.2, -0.15) is 0 Å². The third-order valence-electron chi connectivity index (χ3n) is 4.81. The summed E-state index contributed by atoms with van der Waals surface area (Å²) in [5, 5.41) is 9.90. The van der Waals surface area contributed by atoms with E-state index in [9.17, 15) is 5.11 Å². The molecule has 2 rings (SSSR count). The van der Waals surface area contributed by atoms with Crippen LogP contribution >= 0.6 is 0 Å². The van der Waals surface area contributed by atoms with Gasteiger partial charge in [-0.05, 0) is 31.2 Å². The first-order valence-corrected chi connectivity index (χ1v) is 7.17. The molecular formula is C14H28N2O. The minimum atomic E-state index is -0.0720. The normalized spacial score (nSPS) is 36.0. The number of aliphatic hydroxyl groups is 1. The summed E-state index contributed by atoms with van der Waals surface area (Å²) in [6, 6.07) is 0.574. The van der Waals surface area contributed by atoms with E-state index in [1.54, 1.807) is 0 Å². The van der Waals surface area contributed by atoms with E-state index in [0.29, 0.717) is 11.5 Å². The lowest BCUT2D eigenvalue weighted by atomic mass is 9.71. The Bertz CT molecular complexity index is 247. The van der Waals surface area contributed by atoms with Gasteiger partial charge in [-0.1, -0.05) is 20.8 Å². The van der Waals surface area contributed by atoms with Crippen LogP contribution in [0.2, 0.25) is 0 Å². The van der Waals surface area contributed by atoms with Gasteiger partial charge in [0, 0.05) is 32.2 Å². The van der Waals surface area contributed by atoms with Gasteiger partial charge >= 0.3 is 0 Å². The molecule has 1 aliphatic carbocycles. The van der Waals surface area contributed by atoms with Crippen molar-refractivity contribution in [2.75, 3.05) is 32.7 Å². The largest absolute Gasteiger partial charge is 0.393 e. The van der Waals surface area contributed by atoms with E-state index in [2.05, 4.69) is 30.6 Å². The minimum Gasteiger partial charge on any atom is -0.393 e. The summed E-state index contributed by atoms with van der Waals surface area (Å²) < 4.78 is 0. The molecule has 2 unspecified atom stereocenters. The topological polar surface area (TPSA) is 26.7 Å². The van der Waals surface area contributed by atoms with Gasteiger partial charge in [0.15, 0.2) is 0 Å². The molecular weight excluding hydrogens is 212 g/mol. The van der Waals surface area contributed by atoms with Crippen molar-refractivity contribution < 1.29 is 5.11 Å². The maximum atomic E-state index is 9.90. The van der Waals surface area contributed by atoms with Crippen molar-refractivity contribution >= 4 is 0 Å². The summed E-state index contributed by atoms with van der Waals surface area (Å²) in [5.41, 5.74) is 0.369. The molecule has 0 radical (unpaired) electrons. The van der Waals surface area contributed by atoms with Gasteiger partial charge in [0.2, 0.25) is 0 Å². The molecule has 0 spiro atoms. The molecule has 1 heterocycles. The van der Waals surface area contributed by atoms with Crippen molar-refractivity contribution in [3.8, 4) is 0 Å². The SMILES string of the molecule is CCN1CCN(C2CC(O)CCC2(C)C)CC1. The first kappa shape index (κ1) is 13.3. The van der Waals surface area contributed by atoms with Crippen LogP contribution in [0.1, 0.15) is 40.0 Å². The highest BCUT2D eigenvalue weighted by Crippen LogP contribution is 2.39. The van der Waals surface area contributed by atoms with Crippen LogP contribution in [0.25, 0.3) is 0 Å². The van der Waals surface area contributed by atoms with Crippen molar-refractivity contribution in [1.29, 1.82) is 0 Å². The Kier molecular flexibility index (Phi) is 4.11. The maximum absolute atomic E-state index is 9.90.